The Hall–Kier alpha value is -0.120. The summed E-state index contributed by atoms with van der Waals surface area (Å²) < 4.78 is 0.697. The molecule has 0 aliphatic heterocycles. The Balaban J connectivity index is 2.85. The molecule has 0 spiro atoms. The van der Waals surface area contributed by atoms with Crippen LogP contribution in [0.5, 0.6) is 0 Å². The molecule has 0 amide bonds. The van der Waals surface area contributed by atoms with Gasteiger partial charge in [-0.1, -0.05) is 11.6 Å². The summed E-state index contributed by atoms with van der Waals surface area (Å²) in [6, 6.07) is 0.00231. The van der Waals surface area contributed by atoms with Gasteiger partial charge in [-0.05, 0) is 6.92 Å². The van der Waals surface area contributed by atoms with Crippen molar-refractivity contribution in [2.75, 3.05) is 0 Å². The van der Waals surface area contributed by atoms with Crippen molar-refractivity contribution < 1.29 is 0 Å². The summed E-state index contributed by atoms with van der Waals surface area (Å²) in [5.41, 5.74) is 5.52. The lowest BCUT2D eigenvalue weighted by atomic mass is 10.4. The zero-order valence-corrected chi connectivity index (χ0v) is 6.54. The van der Waals surface area contributed by atoms with Crippen LogP contribution in [-0.2, 0) is 0 Å². The van der Waals surface area contributed by atoms with Crippen LogP contribution < -0.4 is 5.73 Å². The van der Waals surface area contributed by atoms with Crippen molar-refractivity contribution in [3.63, 3.8) is 0 Å². The molecular formula is C5H7ClN2S. The van der Waals surface area contributed by atoms with Crippen LogP contribution in [0.4, 0.5) is 0 Å². The third kappa shape index (κ3) is 1.64. The summed E-state index contributed by atoms with van der Waals surface area (Å²) >= 11 is 7.03. The molecule has 50 valence electrons. The van der Waals surface area contributed by atoms with E-state index < -0.39 is 0 Å². The molecule has 1 unspecified atom stereocenters. The Labute approximate surface area is 62.7 Å². The quantitative estimate of drug-likeness (QED) is 0.684. The molecule has 4 heteroatoms. The highest BCUT2D eigenvalue weighted by atomic mass is 35.5. The number of thiazole rings is 1. The largest absolute Gasteiger partial charge is 0.322 e. The minimum Gasteiger partial charge on any atom is -0.322 e. The van der Waals surface area contributed by atoms with E-state index in [1.54, 1.807) is 6.20 Å². The number of halogens is 1. The standard InChI is InChI=1S/C5H7ClN2S/c1-3(7)5-8-2-4(6)9-5/h2-3H,7H2,1H3. The fourth-order valence-electron chi connectivity index (χ4n) is 0.477. The van der Waals surface area contributed by atoms with Crippen LogP contribution in [0, 0.1) is 0 Å². The molecule has 1 aromatic rings. The van der Waals surface area contributed by atoms with Gasteiger partial charge in [-0.2, -0.15) is 0 Å². The van der Waals surface area contributed by atoms with Crippen molar-refractivity contribution >= 4 is 22.9 Å². The second kappa shape index (κ2) is 2.64. The van der Waals surface area contributed by atoms with E-state index in [0.717, 1.165) is 5.01 Å². The molecule has 0 saturated carbocycles. The van der Waals surface area contributed by atoms with Gasteiger partial charge >= 0.3 is 0 Å². The summed E-state index contributed by atoms with van der Waals surface area (Å²) in [6.07, 6.45) is 1.62. The molecule has 0 aliphatic carbocycles. The fraction of sp³-hybridized carbons (Fsp3) is 0.400. The predicted molar refractivity (Wildman–Crippen MR) is 39.7 cm³/mol. The molecule has 2 nitrogen and oxygen atoms in total. The molecular weight excluding hydrogens is 156 g/mol. The maximum absolute atomic E-state index is 5.60. The lowest BCUT2D eigenvalue weighted by molar-refractivity contribution is 0.807. The Bertz CT molecular complexity index is 197. The van der Waals surface area contributed by atoms with Crippen molar-refractivity contribution in [1.29, 1.82) is 0 Å². The van der Waals surface area contributed by atoms with Crippen molar-refractivity contribution in [1.82, 2.24) is 4.98 Å². The van der Waals surface area contributed by atoms with Crippen LogP contribution in [0.1, 0.15) is 18.0 Å². The zero-order chi connectivity index (χ0) is 6.85. The van der Waals surface area contributed by atoms with Gasteiger partial charge < -0.3 is 5.73 Å². The third-order valence-corrected chi connectivity index (χ3v) is 2.20. The van der Waals surface area contributed by atoms with Gasteiger partial charge in [-0.15, -0.1) is 11.3 Å². The van der Waals surface area contributed by atoms with Gasteiger partial charge in [-0.3, -0.25) is 0 Å². The van der Waals surface area contributed by atoms with Gasteiger partial charge in [-0.25, -0.2) is 4.98 Å². The normalized spacial score (nSPS) is 13.7. The van der Waals surface area contributed by atoms with E-state index in [0.29, 0.717) is 4.34 Å². The van der Waals surface area contributed by atoms with E-state index in [1.807, 2.05) is 6.92 Å². The minimum atomic E-state index is 0.00231. The molecule has 0 fully saturated rings. The summed E-state index contributed by atoms with van der Waals surface area (Å²) in [4.78, 5) is 3.98. The van der Waals surface area contributed by atoms with Gasteiger partial charge in [0.05, 0.1) is 12.2 Å². The first-order valence-corrected chi connectivity index (χ1v) is 3.76. The Kier molecular flexibility index (Phi) is 2.05. The monoisotopic (exact) mass is 162 g/mol. The number of nitrogens with zero attached hydrogens (tertiary/aromatic N) is 1. The molecule has 0 aliphatic rings. The van der Waals surface area contributed by atoms with E-state index in [2.05, 4.69) is 4.98 Å². The number of hydrogen-bond acceptors (Lipinski definition) is 3. The molecule has 2 N–H and O–H groups in total. The number of hydrogen-bond donors (Lipinski definition) is 1. The summed E-state index contributed by atoms with van der Waals surface area (Å²) in [7, 11) is 0. The molecule has 0 saturated heterocycles. The Morgan fingerprint density at radius 1 is 1.89 bits per heavy atom. The molecule has 1 aromatic heterocycles. The Morgan fingerprint density at radius 2 is 2.56 bits per heavy atom. The van der Waals surface area contributed by atoms with Crippen molar-refractivity contribution in [2.45, 2.75) is 13.0 Å². The molecule has 0 radical (unpaired) electrons. The lowest BCUT2D eigenvalue weighted by Crippen LogP contribution is -2.03. The van der Waals surface area contributed by atoms with Gasteiger partial charge in [0, 0.05) is 0 Å². The third-order valence-electron chi connectivity index (χ3n) is 0.885. The molecule has 9 heavy (non-hydrogen) atoms. The fourth-order valence-corrected chi connectivity index (χ4v) is 1.36. The van der Waals surface area contributed by atoms with E-state index >= 15 is 0 Å². The zero-order valence-electron chi connectivity index (χ0n) is 4.97. The predicted octanol–water partition coefficient (Wildman–Crippen LogP) is 1.82. The van der Waals surface area contributed by atoms with Crippen LogP contribution in [0.3, 0.4) is 0 Å². The molecule has 1 heterocycles. The summed E-state index contributed by atoms with van der Waals surface area (Å²) in [6.45, 7) is 1.88. The molecule has 1 rings (SSSR count). The van der Waals surface area contributed by atoms with Crippen molar-refractivity contribution in [3.05, 3.63) is 15.5 Å². The van der Waals surface area contributed by atoms with Gasteiger partial charge in [0.15, 0.2) is 0 Å². The van der Waals surface area contributed by atoms with Crippen LogP contribution in [0.25, 0.3) is 0 Å². The van der Waals surface area contributed by atoms with E-state index in [9.17, 15) is 0 Å². The van der Waals surface area contributed by atoms with E-state index in [1.165, 1.54) is 11.3 Å². The topological polar surface area (TPSA) is 38.9 Å². The van der Waals surface area contributed by atoms with Crippen LogP contribution in [0.2, 0.25) is 4.34 Å². The second-order valence-electron chi connectivity index (χ2n) is 1.79. The smallest absolute Gasteiger partial charge is 0.113 e. The second-order valence-corrected chi connectivity index (χ2v) is 3.48. The van der Waals surface area contributed by atoms with E-state index in [-0.39, 0.29) is 6.04 Å². The number of rotatable bonds is 1. The highest BCUT2D eigenvalue weighted by molar-refractivity contribution is 7.15. The van der Waals surface area contributed by atoms with Crippen LogP contribution in [-0.4, -0.2) is 4.98 Å². The van der Waals surface area contributed by atoms with Crippen LogP contribution >= 0.6 is 22.9 Å². The minimum absolute atomic E-state index is 0.00231. The molecule has 0 aromatic carbocycles. The summed E-state index contributed by atoms with van der Waals surface area (Å²) in [5, 5.41) is 0.889. The average molecular weight is 163 g/mol. The summed E-state index contributed by atoms with van der Waals surface area (Å²) in [5.74, 6) is 0. The van der Waals surface area contributed by atoms with Gasteiger partial charge in [0.25, 0.3) is 0 Å². The first kappa shape index (κ1) is 6.99. The number of nitrogens with two attached hydrogens (primary N) is 1. The lowest BCUT2D eigenvalue weighted by Gasteiger charge is -1.94. The van der Waals surface area contributed by atoms with Crippen molar-refractivity contribution in [2.24, 2.45) is 5.73 Å². The molecule has 0 bridgehead atoms. The van der Waals surface area contributed by atoms with Crippen molar-refractivity contribution in [3.8, 4) is 0 Å². The highest BCUT2D eigenvalue weighted by Gasteiger charge is 2.02. The maximum atomic E-state index is 5.60. The van der Waals surface area contributed by atoms with Gasteiger partial charge in [0.1, 0.15) is 9.34 Å². The molecule has 1 atom stereocenters. The van der Waals surface area contributed by atoms with Crippen LogP contribution in [0.15, 0.2) is 6.20 Å². The first-order valence-electron chi connectivity index (χ1n) is 2.57. The number of aromatic nitrogens is 1. The SMILES string of the molecule is CC(N)c1ncc(Cl)s1. The average Bonchev–Trinajstić information content (AvgIpc) is 2.14. The first-order chi connectivity index (χ1) is 4.20. The maximum Gasteiger partial charge on any atom is 0.113 e. The van der Waals surface area contributed by atoms with E-state index in [4.69, 9.17) is 17.3 Å². The Morgan fingerprint density at radius 3 is 2.78 bits per heavy atom. The van der Waals surface area contributed by atoms with Gasteiger partial charge in [0.2, 0.25) is 0 Å². The highest BCUT2D eigenvalue weighted by Crippen LogP contribution is 2.21.